The molecule has 4 nitrogen and oxygen atoms in total. The summed E-state index contributed by atoms with van der Waals surface area (Å²) in [5.74, 6) is 2.86. The second-order valence-electron chi connectivity index (χ2n) is 6.71. The van der Waals surface area contributed by atoms with Crippen molar-refractivity contribution >= 4 is 5.91 Å². The van der Waals surface area contributed by atoms with Gasteiger partial charge in [-0.3, -0.25) is 9.69 Å². The number of carbonyl (C=O) groups is 1. The Hall–Kier alpha value is -1.55. The van der Waals surface area contributed by atoms with E-state index in [9.17, 15) is 4.79 Å². The molecular weight excluding hydrogens is 288 g/mol. The molecule has 1 amide bonds. The molecule has 0 aromatic heterocycles. The molecule has 1 aliphatic heterocycles. The largest absolute Gasteiger partial charge is 0.492 e. The lowest BCUT2D eigenvalue weighted by atomic mass is 9.77. The number of benzene rings is 1. The van der Waals surface area contributed by atoms with Gasteiger partial charge in [0.25, 0.3) is 5.91 Å². The molecule has 2 atom stereocenters. The SMILES string of the molecule is CCN(CC)C(=O)c1ccc(OCCN2C[C@H]3CC[C@H]3C2)cc1. The third kappa shape index (κ3) is 3.69. The predicted octanol–water partition coefficient (Wildman–Crippen LogP) is 2.89. The van der Waals surface area contributed by atoms with Gasteiger partial charge in [-0.05, 0) is 62.8 Å². The highest BCUT2D eigenvalue weighted by Gasteiger charge is 2.38. The molecule has 2 aliphatic rings. The van der Waals surface area contributed by atoms with Crippen molar-refractivity contribution in [2.24, 2.45) is 11.8 Å². The highest BCUT2D eigenvalue weighted by molar-refractivity contribution is 5.94. The lowest BCUT2D eigenvalue weighted by molar-refractivity contribution is 0.0773. The minimum atomic E-state index is 0.0918. The minimum absolute atomic E-state index is 0.0918. The Kier molecular flexibility index (Phi) is 5.21. The average molecular weight is 316 g/mol. The van der Waals surface area contributed by atoms with Gasteiger partial charge in [0.1, 0.15) is 12.4 Å². The Balaban J connectivity index is 1.45. The summed E-state index contributed by atoms with van der Waals surface area (Å²) >= 11 is 0. The fourth-order valence-corrected chi connectivity index (χ4v) is 3.72. The van der Waals surface area contributed by atoms with E-state index in [-0.39, 0.29) is 5.91 Å². The fourth-order valence-electron chi connectivity index (χ4n) is 3.72. The van der Waals surface area contributed by atoms with Crippen LogP contribution in [0.4, 0.5) is 0 Å². The summed E-state index contributed by atoms with van der Waals surface area (Å²) in [6.45, 7) is 9.73. The Morgan fingerprint density at radius 1 is 1.13 bits per heavy atom. The van der Waals surface area contributed by atoms with E-state index >= 15 is 0 Å². The van der Waals surface area contributed by atoms with E-state index in [1.807, 2.05) is 43.0 Å². The Morgan fingerprint density at radius 3 is 2.26 bits per heavy atom. The summed E-state index contributed by atoms with van der Waals surface area (Å²) in [6, 6.07) is 7.55. The Bertz CT molecular complexity index is 513. The van der Waals surface area contributed by atoms with Crippen molar-refractivity contribution < 1.29 is 9.53 Å². The van der Waals surface area contributed by atoms with Crippen LogP contribution >= 0.6 is 0 Å². The Morgan fingerprint density at radius 2 is 1.74 bits per heavy atom. The smallest absolute Gasteiger partial charge is 0.253 e. The molecule has 1 saturated carbocycles. The van der Waals surface area contributed by atoms with Crippen LogP contribution in [0.25, 0.3) is 0 Å². The van der Waals surface area contributed by atoms with E-state index in [0.717, 1.165) is 49.4 Å². The molecule has 0 N–H and O–H groups in total. The summed E-state index contributed by atoms with van der Waals surface area (Å²) in [4.78, 5) is 16.6. The maximum atomic E-state index is 12.3. The molecule has 0 radical (unpaired) electrons. The Labute approximate surface area is 139 Å². The number of fused-ring (bicyclic) bond motifs is 1. The van der Waals surface area contributed by atoms with Crippen molar-refractivity contribution in [2.45, 2.75) is 26.7 Å². The molecule has 126 valence electrons. The van der Waals surface area contributed by atoms with Gasteiger partial charge >= 0.3 is 0 Å². The van der Waals surface area contributed by atoms with Gasteiger partial charge < -0.3 is 9.64 Å². The van der Waals surface area contributed by atoms with Crippen LogP contribution in [-0.2, 0) is 0 Å². The predicted molar refractivity (Wildman–Crippen MR) is 91.8 cm³/mol. The molecule has 1 aromatic rings. The summed E-state index contributed by atoms with van der Waals surface area (Å²) in [5, 5.41) is 0. The normalized spacial score (nSPS) is 23.2. The molecule has 2 fully saturated rings. The number of ether oxygens (including phenoxy) is 1. The van der Waals surface area contributed by atoms with Gasteiger partial charge in [0, 0.05) is 38.3 Å². The van der Waals surface area contributed by atoms with Gasteiger partial charge in [-0.15, -0.1) is 0 Å². The number of hydrogen-bond acceptors (Lipinski definition) is 3. The second-order valence-corrected chi connectivity index (χ2v) is 6.71. The van der Waals surface area contributed by atoms with Gasteiger partial charge in [-0.25, -0.2) is 0 Å². The minimum Gasteiger partial charge on any atom is -0.492 e. The van der Waals surface area contributed by atoms with E-state index in [2.05, 4.69) is 4.90 Å². The molecule has 23 heavy (non-hydrogen) atoms. The molecule has 0 unspecified atom stereocenters. The third-order valence-electron chi connectivity index (χ3n) is 5.39. The van der Waals surface area contributed by atoms with Crippen LogP contribution in [0.15, 0.2) is 24.3 Å². The van der Waals surface area contributed by atoms with Crippen LogP contribution in [0.2, 0.25) is 0 Å². The monoisotopic (exact) mass is 316 g/mol. The van der Waals surface area contributed by atoms with Gasteiger partial charge in [0.2, 0.25) is 0 Å². The van der Waals surface area contributed by atoms with Gasteiger partial charge in [0.15, 0.2) is 0 Å². The van der Waals surface area contributed by atoms with Crippen molar-refractivity contribution in [2.75, 3.05) is 39.3 Å². The highest BCUT2D eigenvalue weighted by atomic mass is 16.5. The quantitative estimate of drug-likeness (QED) is 0.775. The second kappa shape index (κ2) is 7.35. The molecular formula is C19H28N2O2. The average Bonchev–Trinajstić information content (AvgIpc) is 2.84. The van der Waals surface area contributed by atoms with Crippen molar-refractivity contribution in [3.05, 3.63) is 29.8 Å². The summed E-state index contributed by atoms with van der Waals surface area (Å²) in [6.07, 6.45) is 2.84. The van der Waals surface area contributed by atoms with Gasteiger partial charge in [0.05, 0.1) is 0 Å². The van der Waals surface area contributed by atoms with Crippen molar-refractivity contribution in [1.82, 2.24) is 9.80 Å². The first-order valence-electron chi connectivity index (χ1n) is 8.95. The van der Waals surface area contributed by atoms with Gasteiger partial charge in [-0.2, -0.15) is 0 Å². The molecule has 1 aliphatic carbocycles. The number of nitrogens with zero attached hydrogens (tertiary/aromatic N) is 2. The van der Waals surface area contributed by atoms with Crippen molar-refractivity contribution in [3.8, 4) is 5.75 Å². The highest BCUT2D eigenvalue weighted by Crippen LogP contribution is 2.40. The van der Waals surface area contributed by atoms with E-state index in [0.29, 0.717) is 0 Å². The third-order valence-corrected chi connectivity index (χ3v) is 5.39. The zero-order chi connectivity index (χ0) is 16.2. The molecule has 4 heteroatoms. The number of amides is 1. The van der Waals surface area contributed by atoms with Crippen LogP contribution in [0.1, 0.15) is 37.0 Å². The first-order chi connectivity index (χ1) is 11.2. The fraction of sp³-hybridized carbons (Fsp3) is 0.632. The van der Waals surface area contributed by atoms with E-state index < -0.39 is 0 Å². The summed E-state index contributed by atoms with van der Waals surface area (Å²) in [5.41, 5.74) is 0.733. The van der Waals surface area contributed by atoms with Crippen LogP contribution < -0.4 is 4.74 Å². The van der Waals surface area contributed by atoms with Crippen molar-refractivity contribution in [3.63, 3.8) is 0 Å². The van der Waals surface area contributed by atoms with E-state index in [4.69, 9.17) is 4.74 Å². The standard InChI is InChI=1S/C19H28N2O2/c1-3-21(4-2)19(22)15-7-9-18(10-8-15)23-12-11-20-13-16-5-6-17(16)14-20/h7-10,16-17H,3-6,11-14H2,1-2H3/t16-,17+. The van der Waals surface area contributed by atoms with E-state index in [1.54, 1.807) is 0 Å². The van der Waals surface area contributed by atoms with Gasteiger partial charge in [-0.1, -0.05) is 0 Å². The number of carbonyl (C=O) groups excluding carboxylic acids is 1. The van der Waals surface area contributed by atoms with Crippen LogP contribution in [-0.4, -0.2) is 55.0 Å². The zero-order valence-corrected chi connectivity index (χ0v) is 14.3. The molecule has 1 heterocycles. The molecule has 0 bridgehead atoms. The van der Waals surface area contributed by atoms with Crippen LogP contribution in [0.5, 0.6) is 5.75 Å². The number of rotatable bonds is 7. The summed E-state index contributed by atoms with van der Waals surface area (Å²) in [7, 11) is 0. The first kappa shape index (κ1) is 16.3. The van der Waals surface area contributed by atoms with E-state index in [1.165, 1.54) is 25.9 Å². The lowest BCUT2D eigenvalue weighted by Gasteiger charge is -2.28. The molecule has 1 aromatic carbocycles. The maximum absolute atomic E-state index is 12.3. The maximum Gasteiger partial charge on any atom is 0.253 e. The number of likely N-dealkylation sites (tertiary alicyclic amines) is 1. The molecule has 1 saturated heterocycles. The molecule has 0 spiro atoms. The van der Waals surface area contributed by atoms with Crippen LogP contribution in [0, 0.1) is 11.8 Å². The number of hydrogen-bond donors (Lipinski definition) is 0. The van der Waals surface area contributed by atoms with Crippen molar-refractivity contribution in [1.29, 1.82) is 0 Å². The topological polar surface area (TPSA) is 32.8 Å². The zero-order valence-electron chi connectivity index (χ0n) is 14.3. The first-order valence-corrected chi connectivity index (χ1v) is 8.95. The van der Waals surface area contributed by atoms with Crippen LogP contribution in [0.3, 0.4) is 0 Å². The lowest BCUT2D eigenvalue weighted by Crippen LogP contribution is -2.30. The molecule has 3 rings (SSSR count). The summed E-state index contributed by atoms with van der Waals surface area (Å²) < 4.78 is 5.84.